The van der Waals surface area contributed by atoms with Crippen molar-refractivity contribution in [1.82, 2.24) is 9.21 Å². The topological polar surface area (TPSA) is 69.7 Å². The minimum Gasteiger partial charge on any atom is -0.324 e. The Morgan fingerprint density at radius 2 is 1.90 bits per heavy atom. The number of amides is 1. The molecule has 1 fully saturated rings. The van der Waals surface area contributed by atoms with E-state index in [2.05, 4.69) is 23.5 Å². The van der Waals surface area contributed by atoms with E-state index >= 15 is 0 Å². The van der Waals surface area contributed by atoms with Crippen molar-refractivity contribution in [3.63, 3.8) is 0 Å². The molecule has 2 aromatic rings. The molecule has 1 aliphatic heterocycles. The fraction of sp³-hybridized carbons (Fsp3) is 0.435. The van der Waals surface area contributed by atoms with Crippen LogP contribution < -0.4 is 5.32 Å². The Balaban J connectivity index is 1.46. The van der Waals surface area contributed by atoms with Gasteiger partial charge >= 0.3 is 0 Å². The first-order valence-electron chi connectivity index (χ1n) is 10.7. The van der Waals surface area contributed by atoms with Gasteiger partial charge in [-0.25, -0.2) is 8.42 Å². The number of nitrogens with one attached hydrogen (secondary N) is 1. The molecule has 1 heterocycles. The van der Waals surface area contributed by atoms with Crippen LogP contribution in [-0.2, 0) is 21.2 Å². The van der Waals surface area contributed by atoms with Gasteiger partial charge in [-0.1, -0.05) is 35.9 Å². The van der Waals surface area contributed by atoms with Crippen molar-refractivity contribution < 1.29 is 13.2 Å². The number of aryl methyl sites for hydroxylation is 1. The Morgan fingerprint density at radius 1 is 1.16 bits per heavy atom. The lowest BCUT2D eigenvalue weighted by atomic mass is 9.87. The highest BCUT2D eigenvalue weighted by Gasteiger charge is 2.28. The van der Waals surface area contributed by atoms with E-state index in [-0.39, 0.29) is 23.4 Å². The molecule has 6 nitrogen and oxygen atoms in total. The standard InChI is InChI=1S/C23H28ClN3O3S/c1-26(22-10-6-8-17-7-2-3-9-19(17)22)16-23(28)25-21-15-18(11-12-20(21)24)31(29,30)27-13-4-5-14-27/h2-3,7,9,11-12,15,22H,4-6,8,10,13-14,16H2,1H3,(H,25,28)/t22-/m0/s1. The molecule has 31 heavy (non-hydrogen) atoms. The maximum absolute atomic E-state index is 12.8. The highest BCUT2D eigenvalue weighted by Crippen LogP contribution is 2.33. The number of rotatable bonds is 6. The summed E-state index contributed by atoms with van der Waals surface area (Å²) >= 11 is 6.27. The van der Waals surface area contributed by atoms with Crippen LogP contribution in [-0.4, -0.2) is 50.2 Å². The molecule has 1 saturated heterocycles. The van der Waals surface area contributed by atoms with Gasteiger partial charge in [0.05, 0.1) is 22.2 Å². The van der Waals surface area contributed by atoms with Crippen LogP contribution in [0.15, 0.2) is 47.4 Å². The quantitative estimate of drug-likeness (QED) is 0.703. The van der Waals surface area contributed by atoms with Crippen LogP contribution in [0.4, 0.5) is 5.69 Å². The van der Waals surface area contributed by atoms with Crippen molar-refractivity contribution in [3.05, 3.63) is 58.6 Å². The zero-order valence-corrected chi connectivity index (χ0v) is 19.3. The first-order valence-corrected chi connectivity index (χ1v) is 12.6. The fourth-order valence-electron chi connectivity index (χ4n) is 4.55. The maximum Gasteiger partial charge on any atom is 0.243 e. The summed E-state index contributed by atoms with van der Waals surface area (Å²) in [5.74, 6) is -0.219. The van der Waals surface area contributed by atoms with Gasteiger partial charge in [-0.2, -0.15) is 4.31 Å². The number of halogens is 1. The Kier molecular flexibility index (Phi) is 6.67. The largest absolute Gasteiger partial charge is 0.324 e. The SMILES string of the molecule is CN(CC(=O)Nc1cc(S(=O)(=O)N2CCCC2)ccc1Cl)[C@H]1CCCc2ccccc21. The summed E-state index contributed by atoms with van der Waals surface area (Å²) in [5, 5.41) is 3.13. The first kappa shape index (κ1) is 22.3. The first-order chi connectivity index (χ1) is 14.9. The fourth-order valence-corrected chi connectivity index (χ4v) is 6.26. The number of hydrogen-bond acceptors (Lipinski definition) is 4. The third kappa shape index (κ3) is 4.80. The lowest BCUT2D eigenvalue weighted by Crippen LogP contribution is -2.35. The normalized spacial score (nSPS) is 19.4. The number of benzene rings is 2. The van der Waals surface area contributed by atoms with Crippen LogP contribution in [0, 0.1) is 0 Å². The van der Waals surface area contributed by atoms with Gasteiger partial charge in [0, 0.05) is 19.1 Å². The molecule has 2 aromatic carbocycles. The van der Waals surface area contributed by atoms with Crippen LogP contribution in [0.3, 0.4) is 0 Å². The van der Waals surface area contributed by atoms with E-state index in [1.807, 2.05) is 18.0 Å². The third-order valence-corrected chi connectivity index (χ3v) is 8.40. The zero-order valence-electron chi connectivity index (χ0n) is 17.7. The smallest absolute Gasteiger partial charge is 0.243 e. The number of carbonyl (C=O) groups is 1. The van der Waals surface area contributed by atoms with E-state index in [1.165, 1.54) is 33.6 Å². The maximum atomic E-state index is 12.8. The van der Waals surface area contributed by atoms with Gasteiger partial charge in [-0.3, -0.25) is 9.69 Å². The number of anilines is 1. The van der Waals surface area contributed by atoms with Crippen LogP contribution in [0.2, 0.25) is 5.02 Å². The van der Waals surface area contributed by atoms with Gasteiger partial charge in [0.15, 0.2) is 0 Å². The predicted octanol–water partition coefficient (Wildman–Crippen LogP) is 4.07. The van der Waals surface area contributed by atoms with E-state index in [4.69, 9.17) is 11.6 Å². The van der Waals surface area contributed by atoms with Crippen LogP contribution >= 0.6 is 11.6 Å². The van der Waals surface area contributed by atoms with E-state index in [9.17, 15) is 13.2 Å². The lowest BCUT2D eigenvalue weighted by molar-refractivity contribution is -0.117. The second-order valence-electron chi connectivity index (χ2n) is 8.32. The molecule has 166 valence electrons. The Morgan fingerprint density at radius 3 is 2.68 bits per heavy atom. The summed E-state index contributed by atoms with van der Waals surface area (Å²) in [4.78, 5) is 15.0. The second kappa shape index (κ2) is 9.28. The zero-order chi connectivity index (χ0) is 22.0. The Labute approximate surface area is 189 Å². The average Bonchev–Trinajstić information content (AvgIpc) is 3.30. The molecule has 0 saturated carbocycles. The van der Waals surface area contributed by atoms with E-state index in [0.29, 0.717) is 23.8 Å². The van der Waals surface area contributed by atoms with Crippen molar-refractivity contribution >= 4 is 33.2 Å². The number of carbonyl (C=O) groups excluding carboxylic acids is 1. The average molecular weight is 462 g/mol. The highest BCUT2D eigenvalue weighted by atomic mass is 35.5. The summed E-state index contributed by atoms with van der Waals surface area (Å²) in [7, 11) is -1.63. The van der Waals surface area contributed by atoms with E-state index in [1.54, 1.807) is 0 Å². The molecule has 8 heteroatoms. The number of fused-ring (bicyclic) bond motifs is 1. The van der Waals surface area contributed by atoms with Crippen molar-refractivity contribution in [2.75, 3.05) is 32.0 Å². The third-order valence-electron chi connectivity index (χ3n) is 6.18. The highest BCUT2D eigenvalue weighted by molar-refractivity contribution is 7.89. The molecule has 0 unspecified atom stereocenters. The predicted molar refractivity (Wildman–Crippen MR) is 123 cm³/mol. The summed E-state index contributed by atoms with van der Waals surface area (Å²) in [5.41, 5.74) is 2.94. The number of sulfonamides is 1. The summed E-state index contributed by atoms with van der Waals surface area (Å²) < 4.78 is 27.2. The molecule has 0 radical (unpaired) electrons. The van der Waals surface area contributed by atoms with E-state index < -0.39 is 10.0 Å². The van der Waals surface area contributed by atoms with Crippen molar-refractivity contribution in [2.24, 2.45) is 0 Å². The summed E-state index contributed by atoms with van der Waals surface area (Å²) in [6.07, 6.45) is 4.90. The molecular formula is C23H28ClN3O3S. The number of nitrogens with zero attached hydrogens (tertiary/aromatic N) is 2. The molecule has 2 aliphatic rings. The molecule has 1 atom stereocenters. The number of hydrogen-bond donors (Lipinski definition) is 1. The van der Waals surface area contributed by atoms with Gasteiger partial charge in [0.2, 0.25) is 15.9 Å². The van der Waals surface area contributed by atoms with Crippen LogP contribution in [0.5, 0.6) is 0 Å². The van der Waals surface area contributed by atoms with Gasteiger partial charge in [0.25, 0.3) is 0 Å². The minimum atomic E-state index is -3.57. The van der Waals surface area contributed by atoms with Gasteiger partial charge in [0.1, 0.15) is 0 Å². The molecule has 0 bridgehead atoms. The van der Waals surface area contributed by atoms with Crippen molar-refractivity contribution in [3.8, 4) is 0 Å². The van der Waals surface area contributed by atoms with Gasteiger partial charge in [-0.15, -0.1) is 0 Å². The summed E-state index contributed by atoms with van der Waals surface area (Å²) in [6, 6.07) is 13.1. The molecule has 1 aliphatic carbocycles. The molecular weight excluding hydrogens is 434 g/mol. The molecule has 0 spiro atoms. The summed E-state index contributed by atoms with van der Waals surface area (Å²) in [6.45, 7) is 1.25. The monoisotopic (exact) mass is 461 g/mol. The van der Waals surface area contributed by atoms with Gasteiger partial charge in [-0.05, 0) is 68.5 Å². The minimum absolute atomic E-state index is 0.156. The van der Waals surface area contributed by atoms with Crippen LogP contribution in [0.1, 0.15) is 42.9 Å². The molecule has 1 N–H and O–H groups in total. The molecule has 0 aromatic heterocycles. The molecule has 1 amide bonds. The second-order valence-corrected chi connectivity index (χ2v) is 10.7. The number of likely N-dealkylation sites (N-methyl/N-ethyl adjacent to an activating group) is 1. The van der Waals surface area contributed by atoms with Crippen LogP contribution in [0.25, 0.3) is 0 Å². The Bertz CT molecular complexity index is 1070. The lowest BCUT2D eigenvalue weighted by Gasteiger charge is -2.32. The van der Waals surface area contributed by atoms with Crippen molar-refractivity contribution in [2.45, 2.75) is 43.0 Å². The van der Waals surface area contributed by atoms with Crippen molar-refractivity contribution in [1.29, 1.82) is 0 Å². The molecule has 4 rings (SSSR count). The Hall–Kier alpha value is -1.93. The van der Waals surface area contributed by atoms with Gasteiger partial charge < -0.3 is 5.32 Å². The van der Waals surface area contributed by atoms with E-state index in [0.717, 1.165) is 32.1 Å².